The second-order valence-electron chi connectivity index (χ2n) is 2.97. The fourth-order valence-corrected chi connectivity index (χ4v) is 2.71. The van der Waals surface area contributed by atoms with Crippen LogP contribution in [0, 0.1) is 0 Å². The van der Waals surface area contributed by atoms with Crippen LogP contribution in [-0.4, -0.2) is 24.6 Å². The van der Waals surface area contributed by atoms with Crippen LogP contribution in [0.1, 0.15) is 19.4 Å². The van der Waals surface area contributed by atoms with Crippen molar-refractivity contribution in [2.24, 2.45) is 0 Å². The highest BCUT2D eigenvalue weighted by Gasteiger charge is 2.03. The molecule has 92 valence electrons. The lowest BCUT2D eigenvalue weighted by Gasteiger charge is -2.19. The van der Waals surface area contributed by atoms with Crippen LogP contribution in [0.3, 0.4) is 0 Å². The molecule has 4 heteroatoms. The van der Waals surface area contributed by atoms with Crippen LogP contribution >= 0.6 is 30.1 Å². The molecular weight excluding hydrogens is 333 g/mol. The molecule has 0 spiro atoms. The van der Waals surface area contributed by atoms with E-state index in [1.54, 1.807) is 16.0 Å². The van der Waals surface area contributed by atoms with Crippen LogP contribution in [0.15, 0.2) is 30.3 Å². The Bertz CT molecular complexity index is 240. The van der Waals surface area contributed by atoms with Crippen molar-refractivity contribution < 1.29 is 4.74 Å². The van der Waals surface area contributed by atoms with E-state index in [1.807, 2.05) is 19.9 Å². The molecule has 16 heavy (non-hydrogen) atoms. The fourth-order valence-electron chi connectivity index (χ4n) is 1.22. The van der Waals surface area contributed by atoms with E-state index in [0.29, 0.717) is 6.73 Å². The molecule has 0 radical (unpaired) electrons. The maximum atomic E-state index is 5.14. The number of benzene rings is 1. The highest BCUT2D eigenvalue weighted by molar-refractivity contribution is 14.2. The molecule has 0 aromatic heterocycles. The Hall–Kier alpha value is 0.220. The molecule has 0 unspecified atom stereocenters. The van der Waals surface area contributed by atoms with Crippen LogP contribution in [0.5, 0.6) is 0 Å². The minimum absolute atomic E-state index is 0.685. The van der Waals surface area contributed by atoms with Crippen LogP contribution in [0.4, 0.5) is 0 Å². The van der Waals surface area contributed by atoms with Gasteiger partial charge in [-0.1, -0.05) is 53.1 Å². The third-order valence-corrected chi connectivity index (χ3v) is 3.09. The molecule has 1 rings (SSSR count). The summed E-state index contributed by atoms with van der Waals surface area (Å²) in [5.74, 6) is 0.989. The molecule has 0 fully saturated rings. The van der Waals surface area contributed by atoms with Gasteiger partial charge in [-0.05, 0) is 26.8 Å². The lowest BCUT2D eigenvalue weighted by Crippen LogP contribution is -2.24. The van der Waals surface area contributed by atoms with Crippen LogP contribution < -0.4 is 0 Å². The van der Waals surface area contributed by atoms with Gasteiger partial charge in [-0.25, -0.2) is 0 Å². The first-order chi connectivity index (χ1) is 7.86. The first-order valence-corrected chi connectivity index (χ1v) is 8.88. The van der Waals surface area contributed by atoms with Crippen molar-refractivity contribution in [1.29, 1.82) is 0 Å². The minimum atomic E-state index is 0.685. The third-order valence-electron chi connectivity index (χ3n) is 1.79. The second-order valence-corrected chi connectivity index (χ2v) is 5.32. The summed E-state index contributed by atoms with van der Waals surface area (Å²) in [6.45, 7) is 5.63. The summed E-state index contributed by atoms with van der Waals surface area (Å²) in [4.78, 5) is 2.26. The number of methoxy groups -OCH3 is 1. The molecular formula is C12H20INOS. The first kappa shape index (κ1) is 16.2. The molecule has 0 bridgehead atoms. The van der Waals surface area contributed by atoms with Gasteiger partial charge in [0, 0.05) is 13.7 Å². The average molecular weight is 353 g/mol. The van der Waals surface area contributed by atoms with E-state index in [4.69, 9.17) is 4.74 Å². The van der Waals surface area contributed by atoms with Crippen molar-refractivity contribution in [3.05, 3.63) is 35.9 Å². The summed E-state index contributed by atoms with van der Waals surface area (Å²) < 4.78 is 5.14. The summed E-state index contributed by atoms with van der Waals surface area (Å²) in [6, 6.07) is 10.5. The van der Waals surface area contributed by atoms with Gasteiger partial charge in [-0.3, -0.25) is 4.90 Å². The van der Waals surface area contributed by atoms with Crippen molar-refractivity contribution in [3.63, 3.8) is 0 Å². The Morgan fingerprint density at radius 2 is 1.88 bits per heavy atom. The number of halogens is 1. The summed E-state index contributed by atoms with van der Waals surface area (Å²) in [6.07, 6.45) is 0. The van der Waals surface area contributed by atoms with Crippen LogP contribution in [0.2, 0.25) is 0 Å². The summed E-state index contributed by atoms with van der Waals surface area (Å²) in [7, 11) is 3.52. The Morgan fingerprint density at radius 1 is 1.25 bits per heavy atom. The molecule has 0 aliphatic carbocycles. The van der Waals surface area contributed by atoms with Crippen molar-refractivity contribution in [2.75, 3.05) is 19.7 Å². The molecule has 2 nitrogen and oxygen atoms in total. The molecule has 0 aliphatic heterocycles. The Morgan fingerprint density at radius 3 is 2.38 bits per heavy atom. The summed E-state index contributed by atoms with van der Waals surface area (Å²) in [5, 5.41) is 0. The number of rotatable bonds is 6. The highest BCUT2D eigenvalue weighted by Crippen LogP contribution is 2.15. The largest absolute Gasteiger partial charge is 0.369 e. The quantitative estimate of drug-likeness (QED) is 0.563. The van der Waals surface area contributed by atoms with Crippen molar-refractivity contribution in [1.82, 2.24) is 4.90 Å². The molecule has 0 atom stereocenters. The molecule has 0 saturated carbocycles. The van der Waals surface area contributed by atoms with E-state index in [-0.39, 0.29) is 0 Å². The van der Waals surface area contributed by atoms with Gasteiger partial charge in [0.15, 0.2) is 0 Å². The van der Waals surface area contributed by atoms with Gasteiger partial charge in [-0.15, -0.1) is 0 Å². The molecule has 0 amide bonds. The minimum Gasteiger partial charge on any atom is -0.369 e. The smallest absolute Gasteiger partial charge is 0.0996 e. The van der Waals surface area contributed by atoms with E-state index in [2.05, 4.69) is 50.4 Å². The number of hydrogen-bond donors (Lipinski definition) is 0. The van der Waals surface area contributed by atoms with Gasteiger partial charge >= 0.3 is 0 Å². The maximum absolute atomic E-state index is 5.14. The fraction of sp³-hybridized carbons (Fsp3) is 0.500. The number of nitrogens with zero attached hydrogens (tertiary/aromatic N) is 1. The van der Waals surface area contributed by atoms with Gasteiger partial charge in [0.25, 0.3) is 0 Å². The van der Waals surface area contributed by atoms with Crippen molar-refractivity contribution >= 4 is 30.1 Å². The van der Waals surface area contributed by atoms with Gasteiger partial charge in [0.1, 0.15) is 0 Å². The van der Waals surface area contributed by atoms with Crippen molar-refractivity contribution in [3.8, 4) is 0 Å². The molecule has 0 N–H and O–H groups in total. The highest BCUT2D eigenvalue weighted by atomic mass is 127. The van der Waals surface area contributed by atoms with Crippen LogP contribution in [-0.2, 0) is 11.3 Å². The maximum Gasteiger partial charge on any atom is 0.0996 e. The Kier molecular flexibility index (Phi) is 11.9. The summed E-state index contributed by atoms with van der Waals surface area (Å²) in [5.41, 5.74) is 1.33. The Labute approximate surface area is 115 Å². The predicted octanol–water partition coefficient (Wildman–Crippen LogP) is 4.16. The molecule has 0 saturated heterocycles. The Balaban J connectivity index is 0.00000106. The molecule has 1 aromatic carbocycles. The van der Waals surface area contributed by atoms with Gasteiger partial charge in [-0.2, -0.15) is 0 Å². The topological polar surface area (TPSA) is 12.5 Å². The SMILES string of the molecule is CC.COCN(CSI)Cc1ccccc1. The normalized spacial score (nSPS) is 9.81. The first-order valence-electron chi connectivity index (χ1n) is 5.35. The van der Waals surface area contributed by atoms with E-state index >= 15 is 0 Å². The monoisotopic (exact) mass is 353 g/mol. The van der Waals surface area contributed by atoms with Gasteiger partial charge < -0.3 is 4.74 Å². The average Bonchev–Trinajstić information content (AvgIpc) is 2.34. The third kappa shape index (κ3) is 7.49. The van der Waals surface area contributed by atoms with Gasteiger partial charge in [0.2, 0.25) is 0 Å². The zero-order chi connectivity index (χ0) is 12.2. The predicted molar refractivity (Wildman–Crippen MR) is 81.7 cm³/mol. The van der Waals surface area contributed by atoms with Gasteiger partial charge in [0.05, 0.1) is 12.6 Å². The number of ether oxygens (including phenoxy) is 1. The van der Waals surface area contributed by atoms with E-state index in [1.165, 1.54) is 5.56 Å². The zero-order valence-electron chi connectivity index (χ0n) is 10.1. The zero-order valence-corrected chi connectivity index (χ0v) is 13.1. The van der Waals surface area contributed by atoms with Crippen molar-refractivity contribution in [2.45, 2.75) is 20.4 Å². The van der Waals surface area contributed by atoms with E-state index in [9.17, 15) is 0 Å². The van der Waals surface area contributed by atoms with Crippen LogP contribution in [0.25, 0.3) is 0 Å². The molecule has 0 heterocycles. The van der Waals surface area contributed by atoms with E-state index < -0.39 is 0 Å². The number of hydrogen-bond acceptors (Lipinski definition) is 3. The lowest BCUT2D eigenvalue weighted by molar-refractivity contribution is 0.0728. The lowest BCUT2D eigenvalue weighted by atomic mass is 10.2. The standard InChI is InChI=1S/C10H14INOS.C2H6/c1-13-8-12(9-14-11)7-10-5-3-2-4-6-10;1-2/h2-6H,7-9H2,1H3;1-2H3. The second kappa shape index (κ2) is 11.7. The molecule has 1 aromatic rings. The molecule has 0 aliphatic rings. The van der Waals surface area contributed by atoms with E-state index in [0.717, 1.165) is 12.4 Å². The summed E-state index contributed by atoms with van der Waals surface area (Å²) >= 11 is 2.30.